The average Bonchev–Trinajstić information content (AvgIpc) is 2.72. The Balaban J connectivity index is 2.02. The Hall–Kier alpha value is -1.97. The molecule has 0 aliphatic rings. The molecule has 2 rings (SSSR count). The van der Waals surface area contributed by atoms with Gasteiger partial charge in [-0.1, -0.05) is 18.2 Å². The van der Waals surface area contributed by atoms with Crippen LogP contribution in [-0.4, -0.2) is 11.7 Å². The number of benzene rings is 1. The van der Waals surface area contributed by atoms with Crippen LogP contribution in [0.3, 0.4) is 0 Å². The summed E-state index contributed by atoms with van der Waals surface area (Å²) in [6.07, 6.45) is 1.22. The average molecular weight is 247 g/mol. The van der Waals surface area contributed by atoms with Gasteiger partial charge >= 0.3 is 6.09 Å². The number of para-hydroxylation sites is 1. The highest BCUT2D eigenvalue weighted by molar-refractivity contribution is 5.80. The van der Waals surface area contributed by atoms with E-state index < -0.39 is 11.7 Å². The molecule has 0 saturated heterocycles. The molecule has 1 heterocycles. The van der Waals surface area contributed by atoms with Crippen molar-refractivity contribution in [3.05, 3.63) is 36.1 Å². The summed E-state index contributed by atoms with van der Waals surface area (Å²) >= 11 is 0. The molecule has 0 radical (unpaired) electrons. The molecule has 0 fully saturated rings. The summed E-state index contributed by atoms with van der Waals surface area (Å²) in [6.45, 7) is 5.89. The van der Waals surface area contributed by atoms with Gasteiger partial charge in [-0.2, -0.15) is 0 Å². The Morgan fingerprint density at radius 3 is 2.83 bits per heavy atom. The molecular weight excluding hydrogens is 230 g/mol. The second-order valence-electron chi connectivity index (χ2n) is 5.11. The first-order valence-corrected chi connectivity index (χ1v) is 5.88. The third-order valence-corrected chi connectivity index (χ3v) is 2.38. The van der Waals surface area contributed by atoms with Crippen molar-refractivity contribution in [1.82, 2.24) is 5.32 Å². The number of amides is 1. The van der Waals surface area contributed by atoms with Crippen LogP contribution < -0.4 is 5.32 Å². The van der Waals surface area contributed by atoms with E-state index in [1.807, 2.05) is 45.0 Å². The van der Waals surface area contributed by atoms with Gasteiger partial charge in [0, 0.05) is 17.5 Å². The molecule has 1 amide bonds. The first-order valence-electron chi connectivity index (χ1n) is 5.88. The highest BCUT2D eigenvalue weighted by atomic mass is 16.6. The van der Waals surface area contributed by atoms with Crippen molar-refractivity contribution >= 4 is 17.1 Å². The summed E-state index contributed by atoms with van der Waals surface area (Å²) in [5.41, 5.74) is 1.25. The predicted octanol–water partition coefficient (Wildman–Crippen LogP) is 3.46. The summed E-state index contributed by atoms with van der Waals surface area (Å²) in [4.78, 5) is 11.5. The van der Waals surface area contributed by atoms with Gasteiger partial charge < -0.3 is 14.5 Å². The van der Waals surface area contributed by atoms with Crippen molar-refractivity contribution in [2.75, 3.05) is 0 Å². The number of rotatable bonds is 2. The minimum absolute atomic E-state index is 0.389. The zero-order valence-corrected chi connectivity index (χ0v) is 10.8. The Morgan fingerprint density at radius 1 is 1.33 bits per heavy atom. The van der Waals surface area contributed by atoms with Crippen molar-refractivity contribution in [3.63, 3.8) is 0 Å². The summed E-state index contributed by atoms with van der Waals surface area (Å²) in [6, 6.07) is 7.72. The number of carbonyl (C=O) groups excluding carboxylic acids is 1. The molecule has 1 aromatic heterocycles. The smallest absolute Gasteiger partial charge is 0.407 e. The monoisotopic (exact) mass is 247 g/mol. The molecule has 1 N–H and O–H groups in total. The SMILES string of the molecule is CC(C)(C)OC(=O)NCc1cccc2ccoc12. The standard InChI is InChI=1S/C14H17NO3/c1-14(2,3)18-13(16)15-9-11-6-4-5-10-7-8-17-12(10)11/h4-8H,9H2,1-3H3,(H,15,16). The fourth-order valence-corrected chi connectivity index (χ4v) is 1.68. The molecule has 96 valence electrons. The van der Waals surface area contributed by atoms with Gasteiger partial charge in [0.25, 0.3) is 0 Å². The lowest BCUT2D eigenvalue weighted by molar-refractivity contribution is 0.0523. The summed E-state index contributed by atoms with van der Waals surface area (Å²) in [7, 11) is 0. The van der Waals surface area contributed by atoms with Gasteiger partial charge in [0.2, 0.25) is 0 Å². The Labute approximate surface area is 106 Å². The van der Waals surface area contributed by atoms with Gasteiger partial charge in [-0.3, -0.25) is 0 Å². The van der Waals surface area contributed by atoms with Gasteiger partial charge in [0.05, 0.1) is 6.26 Å². The predicted molar refractivity (Wildman–Crippen MR) is 69.3 cm³/mol. The molecule has 0 saturated carbocycles. The van der Waals surface area contributed by atoms with E-state index in [4.69, 9.17) is 9.15 Å². The fourth-order valence-electron chi connectivity index (χ4n) is 1.68. The van der Waals surface area contributed by atoms with Crippen molar-refractivity contribution in [3.8, 4) is 0 Å². The second kappa shape index (κ2) is 4.72. The van der Waals surface area contributed by atoms with Crippen molar-refractivity contribution < 1.29 is 13.9 Å². The molecule has 2 aromatic rings. The van der Waals surface area contributed by atoms with E-state index in [9.17, 15) is 4.79 Å². The van der Waals surface area contributed by atoms with E-state index in [2.05, 4.69) is 5.32 Å². The lowest BCUT2D eigenvalue weighted by atomic mass is 10.1. The van der Waals surface area contributed by atoms with Gasteiger partial charge in [-0.05, 0) is 26.8 Å². The molecule has 4 heteroatoms. The van der Waals surface area contributed by atoms with Crippen LogP contribution in [0.15, 0.2) is 34.9 Å². The fraction of sp³-hybridized carbons (Fsp3) is 0.357. The second-order valence-corrected chi connectivity index (χ2v) is 5.11. The van der Waals surface area contributed by atoms with E-state index in [0.717, 1.165) is 16.5 Å². The lowest BCUT2D eigenvalue weighted by Crippen LogP contribution is -2.32. The molecular formula is C14H17NO3. The minimum Gasteiger partial charge on any atom is -0.464 e. The van der Waals surface area contributed by atoms with E-state index in [1.165, 1.54) is 0 Å². The number of furan rings is 1. The zero-order valence-electron chi connectivity index (χ0n) is 10.8. The van der Waals surface area contributed by atoms with E-state index >= 15 is 0 Å². The molecule has 0 aliphatic heterocycles. The number of nitrogens with one attached hydrogen (secondary N) is 1. The first kappa shape index (κ1) is 12.5. The molecule has 4 nitrogen and oxygen atoms in total. The van der Waals surface area contributed by atoms with Crippen LogP contribution in [0.25, 0.3) is 11.0 Å². The van der Waals surface area contributed by atoms with E-state index in [1.54, 1.807) is 6.26 Å². The normalized spacial score (nSPS) is 11.5. The maximum Gasteiger partial charge on any atom is 0.407 e. The maximum absolute atomic E-state index is 11.5. The molecule has 0 atom stereocenters. The van der Waals surface area contributed by atoms with Crippen LogP contribution in [0.1, 0.15) is 26.3 Å². The van der Waals surface area contributed by atoms with Gasteiger partial charge in [0.15, 0.2) is 0 Å². The quantitative estimate of drug-likeness (QED) is 0.884. The molecule has 1 aromatic carbocycles. The third-order valence-electron chi connectivity index (χ3n) is 2.38. The first-order chi connectivity index (χ1) is 8.46. The van der Waals surface area contributed by atoms with Crippen molar-refractivity contribution in [2.45, 2.75) is 32.9 Å². The van der Waals surface area contributed by atoms with Crippen LogP contribution in [0.2, 0.25) is 0 Å². The molecule has 18 heavy (non-hydrogen) atoms. The van der Waals surface area contributed by atoms with Crippen LogP contribution >= 0.6 is 0 Å². The lowest BCUT2D eigenvalue weighted by Gasteiger charge is -2.19. The Kier molecular flexibility index (Phi) is 3.28. The molecule has 0 bridgehead atoms. The maximum atomic E-state index is 11.5. The van der Waals surface area contributed by atoms with Crippen LogP contribution in [0.4, 0.5) is 4.79 Å². The van der Waals surface area contributed by atoms with Crippen molar-refractivity contribution in [2.24, 2.45) is 0 Å². The van der Waals surface area contributed by atoms with Crippen LogP contribution in [-0.2, 0) is 11.3 Å². The number of hydrogen-bond donors (Lipinski definition) is 1. The molecule has 0 unspecified atom stereocenters. The van der Waals surface area contributed by atoms with Crippen molar-refractivity contribution in [1.29, 1.82) is 0 Å². The van der Waals surface area contributed by atoms with E-state index in [0.29, 0.717) is 6.54 Å². The Bertz CT molecular complexity index is 551. The molecule has 0 spiro atoms. The minimum atomic E-state index is -0.485. The third kappa shape index (κ3) is 3.03. The highest BCUT2D eigenvalue weighted by Gasteiger charge is 2.16. The topological polar surface area (TPSA) is 51.5 Å². The number of carbonyl (C=O) groups is 1. The van der Waals surface area contributed by atoms with Gasteiger partial charge in [-0.15, -0.1) is 0 Å². The van der Waals surface area contributed by atoms with Crippen LogP contribution in [0, 0.1) is 0 Å². The van der Waals surface area contributed by atoms with E-state index in [-0.39, 0.29) is 0 Å². The number of ether oxygens (including phenoxy) is 1. The molecule has 0 aliphatic carbocycles. The largest absolute Gasteiger partial charge is 0.464 e. The summed E-state index contributed by atoms with van der Waals surface area (Å²) < 4.78 is 10.6. The van der Waals surface area contributed by atoms with Gasteiger partial charge in [-0.25, -0.2) is 4.79 Å². The number of fused-ring (bicyclic) bond motifs is 1. The number of alkyl carbamates (subject to hydrolysis) is 1. The van der Waals surface area contributed by atoms with Gasteiger partial charge in [0.1, 0.15) is 11.2 Å². The highest BCUT2D eigenvalue weighted by Crippen LogP contribution is 2.19. The summed E-state index contributed by atoms with van der Waals surface area (Å²) in [5, 5.41) is 3.74. The zero-order chi connectivity index (χ0) is 13.2. The number of hydrogen-bond acceptors (Lipinski definition) is 3. The Morgan fingerprint density at radius 2 is 2.11 bits per heavy atom. The van der Waals surface area contributed by atoms with Crippen LogP contribution in [0.5, 0.6) is 0 Å². The summed E-state index contributed by atoms with van der Waals surface area (Å²) in [5.74, 6) is 0.